The van der Waals surface area contributed by atoms with Gasteiger partial charge in [-0.3, -0.25) is 0 Å². The van der Waals surface area contributed by atoms with Crippen molar-refractivity contribution in [3.8, 4) is 0 Å². The smallest absolute Gasteiger partial charge is 0.148 e. The van der Waals surface area contributed by atoms with Crippen LogP contribution in [0.15, 0.2) is 27.4 Å². The molecule has 1 rings (SSSR count). The molecule has 0 aromatic heterocycles. The van der Waals surface area contributed by atoms with E-state index in [4.69, 9.17) is 0 Å². The van der Waals surface area contributed by atoms with E-state index >= 15 is 0 Å². The topological polar surface area (TPSA) is 49.1 Å². The van der Waals surface area contributed by atoms with E-state index in [1.165, 1.54) is 6.34 Å². The molecule has 0 radical (unpaired) electrons. The van der Waals surface area contributed by atoms with Crippen LogP contribution in [-0.4, -0.2) is 25.4 Å². The normalized spacial score (nSPS) is 27.0. The minimum atomic E-state index is 0.451. The molecule has 0 aromatic rings. The second kappa shape index (κ2) is 3.55. The molecule has 0 aliphatic carbocycles. The van der Waals surface area contributed by atoms with Crippen LogP contribution >= 0.6 is 0 Å². The first kappa shape index (κ1) is 6.67. The predicted molar refractivity (Wildman–Crippen MR) is 42.6 cm³/mol. The Morgan fingerprint density at radius 2 is 2.40 bits per heavy atom. The van der Waals surface area contributed by atoms with Crippen molar-refractivity contribution in [3.05, 3.63) is 12.4 Å². The maximum Gasteiger partial charge on any atom is 0.148 e. The Morgan fingerprint density at radius 3 is 3.30 bits per heavy atom. The summed E-state index contributed by atoms with van der Waals surface area (Å²) < 4.78 is 0. The van der Waals surface area contributed by atoms with Gasteiger partial charge in [0, 0.05) is 6.21 Å². The molecule has 1 aliphatic heterocycles. The summed E-state index contributed by atoms with van der Waals surface area (Å²) in [6, 6.07) is 0. The fourth-order valence-electron chi connectivity index (χ4n) is 0.459. The monoisotopic (exact) mass is 136 g/mol. The van der Waals surface area contributed by atoms with Gasteiger partial charge in [0.05, 0.1) is 12.9 Å². The Bertz CT molecular complexity index is 202. The van der Waals surface area contributed by atoms with E-state index in [-0.39, 0.29) is 0 Å². The predicted octanol–water partition coefficient (Wildman–Crippen LogP) is 0.188. The van der Waals surface area contributed by atoms with E-state index in [1.807, 2.05) is 0 Å². The van der Waals surface area contributed by atoms with Gasteiger partial charge in [-0.15, -0.1) is 0 Å². The maximum absolute atomic E-state index is 3.84. The first-order valence-corrected chi connectivity index (χ1v) is 2.88. The summed E-state index contributed by atoms with van der Waals surface area (Å²) in [7, 11) is 0. The average Bonchev–Trinajstić information content (AvgIpc) is 2.02. The van der Waals surface area contributed by atoms with E-state index in [2.05, 4.69) is 26.9 Å². The van der Waals surface area contributed by atoms with Crippen LogP contribution < -0.4 is 5.32 Å². The Kier molecular flexibility index (Phi) is 2.37. The summed E-state index contributed by atoms with van der Waals surface area (Å²) in [4.78, 5) is 11.4. The first-order valence-electron chi connectivity index (χ1n) is 2.88. The molecule has 0 saturated carbocycles. The van der Waals surface area contributed by atoms with Gasteiger partial charge in [0.2, 0.25) is 0 Å². The molecule has 52 valence electrons. The molecule has 4 nitrogen and oxygen atoms in total. The lowest BCUT2D eigenvalue weighted by Gasteiger charge is -1.88. The zero-order chi connectivity index (χ0) is 7.23. The number of nitrogens with zero attached hydrogens (tertiary/aromatic N) is 3. The Morgan fingerprint density at radius 1 is 1.50 bits per heavy atom. The third-order valence-corrected chi connectivity index (χ3v) is 0.893. The SMILES string of the molecule is C=C1/N=C\N=C/CN/C=N\1. The van der Waals surface area contributed by atoms with Crippen molar-refractivity contribution in [1.29, 1.82) is 0 Å². The fraction of sp³-hybridized carbons (Fsp3) is 0.167. The molecule has 4 heteroatoms. The van der Waals surface area contributed by atoms with Gasteiger partial charge in [0.15, 0.2) is 0 Å². The summed E-state index contributed by atoms with van der Waals surface area (Å²) in [5.41, 5.74) is 0. The van der Waals surface area contributed by atoms with Crippen molar-refractivity contribution in [3.63, 3.8) is 0 Å². The van der Waals surface area contributed by atoms with Crippen molar-refractivity contribution in [2.75, 3.05) is 6.54 Å². The minimum Gasteiger partial charge on any atom is -0.371 e. The van der Waals surface area contributed by atoms with Gasteiger partial charge in [-0.2, -0.15) is 0 Å². The second-order valence-corrected chi connectivity index (χ2v) is 1.66. The zero-order valence-corrected chi connectivity index (χ0v) is 5.49. The molecule has 0 spiro atoms. The van der Waals surface area contributed by atoms with Crippen LogP contribution in [0, 0.1) is 0 Å². The molecule has 0 aromatic carbocycles. The van der Waals surface area contributed by atoms with Crippen molar-refractivity contribution in [2.24, 2.45) is 15.0 Å². The lowest BCUT2D eigenvalue weighted by molar-refractivity contribution is 1.11. The highest BCUT2D eigenvalue weighted by Gasteiger charge is 1.82. The van der Waals surface area contributed by atoms with Crippen molar-refractivity contribution >= 4 is 18.9 Å². The molecule has 0 unspecified atom stereocenters. The summed E-state index contributed by atoms with van der Waals surface area (Å²) in [5.74, 6) is 0.451. The molecular weight excluding hydrogens is 128 g/mol. The molecule has 0 bridgehead atoms. The number of hydrogen-bond acceptors (Lipinski definition) is 4. The first-order chi connectivity index (χ1) is 4.89. The number of hydrogen-bond donors (Lipinski definition) is 1. The standard InChI is InChI=1S/C6H8N4/c1-6-9-4-7-2-3-8-5-10-6/h2,4-5H,1,3H2,(H,8,10)/b7-2-,9-4-. The van der Waals surface area contributed by atoms with E-state index in [0.717, 1.165) is 0 Å². The summed E-state index contributed by atoms with van der Waals surface area (Å²) in [6.07, 6.45) is 4.68. The third kappa shape index (κ3) is 2.21. The van der Waals surface area contributed by atoms with E-state index in [1.54, 1.807) is 12.6 Å². The fourth-order valence-corrected chi connectivity index (χ4v) is 0.459. The zero-order valence-electron chi connectivity index (χ0n) is 5.49. The van der Waals surface area contributed by atoms with Crippen LogP contribution in [0.1, 0.15) is 0 Å². The molecule has 0 amide bonds. The number of aliphatic imine (C=N–C) groups is 3. The van der Waals surface area contributed by atoms with Gasteiger partial charge in [0.25, 0.3) is 0 Å². The Labute approximate surface area is 59.1 Å². The molecule has 10 heavy (non-hydrogen) atoms. The van der Waals surface area contributed by atoms with Crippen LogP contribution in [0.25, 0.3) is 0 Å². The largest absolute Gasteiger partial charge is 0.371 e. The van der Waals surface area contributed by atoms with Crippen LogP contribution in [0.3, 0.4) is 0 Å². The summed E-state index contributed by atoms with van der Waals surface area (Å²) in [5, 5.41) is 2.88. The van der Waals surface area contributed by atoms with Crippen LogP contribution in [0.4, 0.5) is 0 Å². The number of nitrogens with one attached hydrogen (secondary N) is 1. The molecule has 1 heterocycles. The third-order valence-electron chi connectivity index (χ3n) is 0.893. The summed E-state index contributed by atoms with van der Waals surface area (Å²) in [6.45, 7) is 4.22. The van der Waals surface area contributed by atoms with Gasteiger partial charge in [-0.1, -0.05) is 6.58 Å². The van der Waals surface area contributed by atoms with E-state index < -0.39 is 0 Å². The molecule has 0 saturated heterocycles. The van der Waals surface area contributed by atoms with Gasteiger partial charge in [-0.05, 0) is 0 Å². The Hall–Kier alpha value is -1.45. The van der Waals surface area contributed by atoms with Gasteiger partial charge < -0.3 is 5.32 Å². The molecule has 0 atom stereocenters. The van der Waals surface area contributed by atoms with Crippen LogP contribution in [-0.2, 0) is 0 Å². The van der Waals surface area contributed by atoms with E-state index in [9.17, 15) is 0 Å². The molecule has 1 N–H and O–H groups in total. The second-order valence-electron chi connectivity index (χ2n) is 1.66. The van der Waals surface area contributed by atoms with Gasteiger partial charge >= 0.3 is 0 Å². The lowest BCUT2D eigenvalue weighted by Crippen LogP contribution is -2.13. The molecule has 1 aliphatic rings. The maximum atomic E-state index is 3.84. The van der Waals surface area contributed by atoms with Crippen molar-refractivity contribution in [2.45, 2.75) is 0 Å². The number of rotatable bonds is 0. The molecule has 0 fully saturated rings. The van der Waals surface area contributed by atoms with Crippen molar-refractivity contribution < 1.29 is 0 Å². The lowest BCUT2D eigenvalue weighted by atomic mass is 10.7. The average molecular weight is 136 g/mol. The van der Waals surface area contributed by atoms with Crippen LogP contribution in [0.2, 0.25) is 0 Å². The molecular formula is C6H8N4. The minimum absolute atomic E-state index is 0.451. The van der Waals surface area contributed by atoms with Gasteiger partial charge in [-0.25, -0.2) is 15.0 Å². The van der Waals surface area contributed by atoms with E-state index in [0.29, 0.717) is 12.4 Å². The highest BCUT2D eigenvalue weighted by molar-refractivity contribution is 5.76. The Balaban J connectivity index is 2.64. The highest BCUT2D eigenvalue weighted by Crippen LogP contribution is 1.90. The highest BCUT2D eigenvalue weighted by atomic mass is 15.0. The van der Waals surface area contributed by atoms with Crippen LogP contribution in [0.5, 0.6) is 0 Å². The van der Waals surface area contributed by atoms with Gasteiger partial charge in [0.1, 0.15) is 12.2 Å². The quantitative estimate of drug-likeness (QED) is 0.507. The summed E-state index contributed by atoms with van der Waals surface area (Å²) >= 11 is 0. The van der Waals surface area contributed by atoms with Crippen molar-refractivity contribution in [1.82, 2.24) is 5.32 Å².